The van der Waals surface area contributed by atoms with Gasteiger partial charge >= 0.3 is 0 Å². The molecule has 0 bridgehead atoms. The first-order chi connectivity index (χ1) is 12.2. The van der Waals surface area contributed by atoms with Crippen LogP contribution in [0, 0.1) is 11.7 Å². The number of halogens is 1. The van der Waals surface area contributed by atoms with Crippen LogP contribution in [0.15, 0.2) is 24.3 Å². The third-order valence-electron chi connectivity index (χ3n) is 4.60. The molecule has 1 aromatic carbocycles. The van der Waals surface area contributed by atoms with Crippen molar-refractivity contribution >= 4 is 16.1 Å². The number of carbonyl (C=O) groups is 1. The van der Waals surface area contributed by atoms with Crippen molar-refractivity contribution in [2.24, 2.45) is 5.92 Å². The highest BCUT2D eigenvalue weighted by Gasteiger charge is 2.36. The maximum atomic E-state index is 13.2. The fraction of sp³-hybridized carbons (Fsp3) is 0.588. The van der Waals surface area contributed by atoms with Gasteiger partial charge in [-0.15, -0.1) is 0 Å². The van der Waals surface area contributed by atoms with Crippen molar-refractivity contribution in [3.63, 3.8) is 0 Å². The van der Waals surface area contributed by atoms with Gasteiger partial charge in [-0.1, -0.05) is 12.1 Å². The van der Waals surface area contributed by atoms with Crippen molar-refractivity contribution in [2.45, 2.75) is 38.0 Å². The number of carbonyl (C=O) groups excluding carboxylic acids is 1. The van der Waals surface area contributed by atoms with Gasteiger partial charge in [-0.2, -0.15) is 17.4 Å². The Morgan fingerprint density at radius 2 is 2.08 bits per heavy atom. The monoisotopic (exact) mass is 387 g/mol. The summed E-state index contributed by atoms with van der Waals surface area (Å²) in [6, 6.07) is 5.56. The second kappa shape index (κ2) is 8.90. The zero-order chi connectivity index (χ0) is 19.3. The molecular formula is C17H26FN3O4S. The van der Waals surface area contributed by atoms with E-state index in [0.29, 0.717) is 24.8 Å². The molecule has 1 aliphatic rings. The van der Waals surface area contributed by atoms with E-state index >= 15 is 0 Å². The van der Waals surface area contributed by atoms with E-state index in [-0.39, 0.29) is 30.3 Å². The summed E-state index contributed by atoms with van der Waals surface area (Å²) in [5.74, 6) is -0.849. The molecule has 2 rings (SSSR count). The molecule has 3 atom stereocenters. The Hall–Kier alpha value is -1.55. The van der Waals surface area contributed by atoms with E-state index in [0.717, 1.165) is 4.31 Å². The molecule has 9 heteroatoms. The van der Waals surface area contributed by atoms with Crippen molar-refractivity contribution in [3.8, 4) is 0 Å². The first kappa shape index (κ1) is 20.8. The summed E-state index contributed by atoms with van der Waals surface area (Å²) in [5.41, 5.74) is 0.675. The minimum Gasteiger partial charge on any atom is -0.380 e. The molecule has 0 aliphatic heterocycles. The van der Waals surface area contributed by atoms with Crippen molar-refractivity contribution < 1.29 is 22.3 Å². The number of hydrogen-bond acceptors (Lipinski definition) is 4. The summed E-state index contributed by atoms with van der Waals surface area (Å²) >= 11 is 0. The van der Waals surface area contributed by atoms with Gasteiger partial charge < -0.3 is 10.1 Å². The maximum Gasteiger partial charge on any atom is 0.279 e. The molecular weight excluding hydrogens is 361 g/mol. The lowest BCUT2D eigenvalue weighted by Gasteiger charge is -2.35. The Kier molecular flexibility index (Phi) is 7.10. The normalized spacial score (nSPS) is 23.8. The van der Waals surface area contributed by atoms with Crippen LogP contribution in [0.5, 0.6) is 0 Å². The van der Waals surface area contributed by atoms with Crippen LogP contribution in [-0.2, 0) is 26.3 Å². The van der Waals surface area contributed by atoms with Gasteiger partial charge in [-0.3, -0.25) is 4.79 Å². The number of ether oxygens (including phenoxy) is 1. The molecule has 146 valence electrons. The van der Waals surface area contributed by atoms with E-state index < -0.39 is 16.3 Å². The Balaban J connectivity index is 1.98. The summed E-state index contributed by atoms with van der Waals surface area (Å²) in [5, 5.41) is 2.80. The van der Waals surface area contributed by atoms with Crippen LogP contribution in [0.1, 0.15) is 24.8 Å². The number of hydrogen-bond donors (Lipinski definition) is 2. The average Bonchev–Trinajstić information content (AvgIpc) is 2.59. The first-order valence-corrected chi connectivity index (χ1v) is 9.91. The van der Waals surface area contributed by atoms with E-state index in [1.165, 1.54) is 33.3 Å². The third kappa shape index (κ3) is 5.47. The van der Waals surface area contributed by atoms with Gasteiger partial charge in [0.2, 0.25) is 5.91 Å². The van der Waals surface area contributed by atoms with Crippen molar-refractivity contribution in [1.82, 2.24) is 14.3 Å². The Morgan fingerprint density at radius 3 is 2.69 bits per heavy atom. The molecule has 1 fully saturated rings. The standard InChI is InChI=1S/C17H26FN3O4S/c1-21(2)26(23,24)20-15-10-13(7-8-16(15)25-3)17(22)19-11-12-5-4-6-14(18)9-12/h4-6,9,13,15-16,20H,7-8,10-11H2,1-3H3,(H,19,22)/t13-,15+,16+/m0/s1. The molecule has 26 heavy (non-hydrogen) atoms. The second-order valence-electron chi connectivity index (χ2n) is 6.64. The lowest BCUT2D eigenvalue weighted by molar-refractivity contribution is -0.127. The highest BCUT2D eigenvalue weighted by molar-refractivity contribution is 7.87. The summed E-state index contributed by atoms with van der Waals surface area (Å²) < 4.78 is 46.5. The van der Waals surface area contributed by atoms with Crippen LogP contribution in [0.4, 0.5) is 4.39 Å². The van der Waals surface area contributed by atoms with Crippen molar-refractivity contribution in [3.05, 3.63) is 35.6 Å². The Morgan fingerprint density at radius 1 is 1.35 bits per heavy atom. The SMILES string of the molecule is CO[C@@H]1CC[C@H](C(=O)NCc2cccc(F)c2)C[C@H]1NS(=O)(=O)N(C)C. The molecule has 7 nitrogen and oxygen atoms in total. The minimum atomic E-state index is -3.62. The summed E-state index contributed by atoms with van der Waals surface area (Å²) in [4.78, 5) is 12.5. The number of methoxy groups -OCH3 is 1. The van der Waals surface area contributed by atoms with Gasteiger partial charge in [0.15, 0.2) is 0 Å². The number of benzene rings is 1. The van der Waals surface area contributed by atoms with Gasteiger partial charge in [0.25, 0.3) is 10.2 Å². The minimum absolute atomic E-state index is 0.169. The van der Waals surface area contributed by atoms with Crippen LogP contribution in [0.2, 0.25) is 0 Å². The Labute approximate surface area is 154 Å². The maximum absolute atomic E-state index is 13.2. The largest absolute Gasteiger partial charge is 0.380 e. The van der Waals surface area contributed by atoms with Crippen molar-refractivity contribution in [2.75, 3.05) is 21.2 Å². The summed E-state index contributed by atoms with van der Waals surface area (Å²) in [6.45, 7) is 0.231. The molecule has 0 heterocycles. The van der Waals surface area contributed by atoms with E-state index in [1.54, 1.807) is 12.1 Å². The molecule has 1 saturated carbocycles. The number of nitrogens with one attached hydrogen (secondary N) is 2. The lowest BCUT2D eigenvalue weighted by Crippen LogP contribution is -2.52. The molecule has 0 saturated heterocycles. The smallest absolute Gasteiger partial charge is 0.279 e. The zero-order valence-corrected chi connectivity index (χ0v) is 16.1. The lowest BCUT2D eigenvalue weighted by atomic mass is 9.83. The Bertz CT molecular complexity index is 726. The molecule has 1 aromatic rings. The quantitative estimate of drug-likeness (QED) is 0.731. The van der Waals surface area contributed by atoms with Gasteiger partial charge in [0.05, 0.1) is 6.10 Å². The molecule has 0 aromatic heterocycles. The highest BCUT2D eigenvalue weighted by atomic mass is 32.2. The fourth-order valence-corrected chi connectivity index (χ4v) is 3.91. The van der Waals surface area contributed by atoms with Crippen LogP contribution >= 0.6 is 0 Å². The van der Waals surface area contributed by atoms with E-state index in [1.807, 2.05) is 0 Å². The van der Waals surface area contributed by atoms with Crippen molar-refractivity contribution in [1.29, 1.82) is 0 Å². The summed E-state index contributed by atoms with van der Waals surface area (Å²) in [6.07, 6.45) is 1.25. The third-order valence-corrected chi connectivity index (χ3v) is 6.16. The number of amides is 1. The van der Waals surface area contributed by atoms with Gasteiger partial charge in [0, 0.05) is 39.7 Å². The van der Waals surface area contributed by atoms with Crippen LogP contribution in [-0.4, -0.2) is 52.0 Å². The van der Waals surface area contributed by atoms with Crippen LogP contribution < -0.4 is 10.0 Å². The van der Waals surface area contributed by atoms with E-state index in [4.69, 9.17) is 4.74 Å². The summed E-state index contributed by atoms with van der Waals surface area (Å²) in [7, 11) is 0.795. The number of rotatable bonds is 7. The molecule has 0 radical (unpaired) electrons. The second-order valence-corrected chi connectivity index (χ2v) is 8.56. The van der Waals surface area contributed by atoms with Gasteiger partial charge in [0.1, 0.15) is 5.82 Å². The topological polar surface area (TPSA) is 87.7 Å². The van der Waals surface area contributed by atoms with Gasteiger partial charge in [-0.25, -0.2) is 4.39 Å². The molecule has 2 N–H and O–H groups in total. The zero-order valence-electron chi connectivity index (χ0n) is 15.2. The predicted molar refractivity (Wildman–Crippen MR) is 95.9 cm³/mol. The fourth-order valence-electron chi connectivity index (χ4n) is 3.06. The molecule has 0 spiro atoms. The molecule has 1 aliphatic carbocycles. The molecule has 1 amide bonds. The average molecular weight is 387 g/mol. The predicted octanol–water partition coefficient (Wildman–Crippen LogP) is 1.02. The van der Waals surface area contributed by atoms with E-state index in [9.17, 15) is 17.6 Å². The highest BCUT2D eigenvalue weighted by Crippen LogP contribution is 2.27. The first-order valence-electron chi connectivity index (χ1n) is 8.47. The van der Waals surface area contributed by atoms with Gasteiger partial charge in [-0.05, 0) is 37.0 Å². The number of nitrogens with zero attached hydrogens (tertiary/aromatic N) is 1. The molecule has 0 unspecified atom stereocenters. The van der Waals surface area contributed by atoms with Crippen LogP contribution in [0.3, 0.4) is 0 Å². The van der Waals surface area contributed by atoms with E-state index in [2.05, 4.69) is 10.0 Å². The van der Waals surface area contributed by atoms with Crippen LogP contribution in [0.25, 0.3) is 0 Å².